The number of carbonyl (C=O) groups is 1. The Morgan fingerprint density at radius 1 is 0.885 bits per heavy atom. The highest BCUT2D eigenvalue weighted by Gasteiger charge is 2.42. The van der Waals surface area contributed by atoms with Gasteiger partial charge in [0.1, 0.15) is 0 Å². The SMILES string of the molecule is C[C@H](NC(=O)C1(c2ccccc2)CCCC1)c1cccc2ccccc12. The van der Waals surface area contributed by atoms with E-state index in [1.807, 2.05) is 18.2 Å². The minimum Gasteiger partial charge on any atom is -0.349 e. The van der Waals surface area contributed by atoms with E-state index in [4.69, 9.17) is 0 Å². The molecule has 4 rings (SSSR count). The van der Waals surface area contributed by atoms with Crippen molar-refractivity contribution in [3.63, 3.8) is 0 Å². The average Bonchev–Trinajstić information content (AvgIpc) is 3.19. The van der Waals surface area contributed by atoms with E-state index in [2.05, 4.69) is 66.8 Å². The first-order valence-corrected chi connectivity index (χ1v) is 9.55. The average molecular weight is 343 g/mol. The van der Waals surface area contributed by atoms with Crippen molar-refractivity contribution < 1.29 is 4.79 Å². The van der Waals surface area contributed by atoms with Crippen LogP contribution in [0, 0.1) is 0 Å². The number of nitrogens with one attached hydrogen (secondary N) is 1. The molecule has 1 aliphatic rings. The Bertz CT molecular complexity index is 904. The zero-order chi connectivity index (χ0) is 18.0. The number of benzene rings is 3. The van der Waals surface area contributed by atoms with Crippen LogP contribution in [-0.4, -0.2) is 5.91 Å². The number of rotatable bonds is 4. The van der Waals surface area contributed by atoms with Gasteiger partial charge in [0.25, 0.3) is 0 Å². The maximum absolute atomic E-state index is 13.4. The molecule has 1 aliphatic carbocycles. The Hall–Kier alpha value is -2.61. The van der Waals surface area contributed by atoms with Crippen molar-refractivity contribution >= 4 is 16.7 Å². The summed E-state index contributed by atoms with van der Waals surface area (Å²) in [6, 6.07) is 25.0. The first-order valence-electron chi connectivity index (χ1n) is 9.55. The summed E-state index contributed by atoms with van der Waals surface area (Å²) >= 11 is 0. The number of carbonyl (C=O) groups excluding carboxylic acids is 1. The molecule has 26 heavy (non-hydrogen) atoms. The lowest BCUT2D eigenvalue weighted by molar-refractivity contribution is -0.127. The molecule has 1 atom stereocenters. The van der Waals surface area contributed by atoms with Crippen molar-refractivity contribution in [2.45, 2.75) is 44.1 Å². The molecule has 1 N–H and O–H groups in total. The van der Waals surface area contributed by atoms with Crippen LogP contribution in [0.1, 0.15) is 49.8 Å². The van der Waals surface area contributed by atoms with Gasteiger partial charge in [-0.3, -0.25) is 4.79 Å². The van der Waals surface area contributed by atoms with E-state index in [1.165, 1.54) is 16.3 Å². The Morgan fingerprint density at radius 2 is 1.54 bits per heavy atom. The predicted octanol–water partition coefficient (Wildman–Crippen LogP) is 5.53. The van der Waals surface area contributed by atoms with Crippen LogP contribution in [0.4, 0.5) is 0 Å². The molecule has 0 radical (unpaired) electrons. The van der Waals surface area contributed by atoms with E-state index in [0.29, 0.717) is 0 Å². The van der Waals surface area contributed by atoms with Gasteiger partial charge in [-0.2, -0.15) is 0 Å². The van der Waals surface area contributed by atoms with E-state index in [1.54, 1.807) is 0 Å². The van der Waals surface area contributed by atoms with Gasteiger partial charge < -0.3 is 5.32 Å². The molecule has 0 unspecified atom stereocenters. The first kappa shape index (κ1) is 16.8. The highest BCUT2D eigenvalue weighted by molar-refractivity contribution is 5.90. The molecule has 2 nitrogen and oxygen atoms in total. The third-order valence-electron chi connectivity index (χ3n) is 5.86. The van der Waals surface area contributed by atoms with Gasteiger partial charge in [-0.05, 0) is 41.7 Å². The summed E-state index contributed by atoms with van der Waals surface area (Å²) in [4.78, 5) is 13.4. The molecule has 1 amide bonds. The van der Waals surface area contributed by atoms with Gasteiger partial charge in [0.2, 0.25) is 5.91 Å². The van der Waals surface area contributed by atoms with Crippen LogP contribution in [0.2, 0.25) is 0 Å². The van der Waals surface area contributed by atoms with Crippen molar-refractivity contribution in [3.8, 4) is 0 Å². The summed E-state index contributed by atoms with van der Waals surface area (Å²) in [5.41, 5.74) is 1.96. The molecule has 132 valence electrons. The van der Waals surface area contributed by atoms with Gasteiger partial charge in [-0.1, -0.05) is 85.6 Å². The molecule has 0 aliphatic heterocycles. The Morgan fingerprint density at radius 3 is 2.31 bits per heavy atom. The van der Waals surface area contributed by atoms with Crippen molar-refractivity contribution in [3.05, 3.63) is 83.9 Å². The molecular weight excluding hydrogens is 318 g/mol. The normalized spacial score (nSPS) is 17.1. The maximum Gasteiger partial charge on any atom is 0.231 e. The van der Waals surface area contributed by atoms with E-state index < -0.39 is 0 Å². The fourth-order valence-corrected chi connectivity index (χ4v) is 4.42. The predicted molar refractivity (Wildman–Crippen MR) is 107 cm³/mol. The summed E-state index contributed by atoms with van der Waals surface area (Å²) < 4.78 is 0. The van der Waals surface area contributed by atoms with Crippen LogP contribution >= 0.6 is 0 Å². The fourth-order valence-electron chi connectivity index (χ4n) is 4.42. The number of hydrogen-bond donors (Lipinski definition) is 1. The Balaban J connectivity index is 1.64. The summed E-state index contributed by atoms with van der Waals surface area (Å²) in [5, 5.41) is 5.75. The van der Waals surface area contributed by atoms with E-state index in [-0.39, 0.29) is 17.4 Å². The van der Waals surface area contributed by atoms with Crippen molar-refractivity contribution in [1.29, 1.82) is 0 Å². The molecule has 2 heteroatoms. The van der Waals surface area contributed by atoms with Crippen LogP contribution < -0.4 is 5.32 Å². The highest BCUT2D eigenvalue weighted by atomic mass is 16.2. The van der Waals surface area contributed by atoms with Crippen LogP contribution in [0.3, 0.4) is 0 Å². The third-order valence-corrected chi connectivity index (χ3v) is 5.86. The summed E-state index contributed by atoms with van der Waals surface area (Å²) in [5.74, 6) is 0.168. The molecule has 0 heterocycles. The van der Waals surface area contributed by atoms with Crippen LogP contribution in [0.25, 0.3) is 10.8 Å². The van der Waals surface area contributed by atoms with E-state index in [9.17, 15) is 4.79 Å². The second-order valence-corrected chi connectivity index (χ2v) is 7.42. The lowest BCUT2D eigenvalue weighted by atomic mass is 9.77. The Labute approximate surface area is 155 Å². The maximum atomic E-state index is 13.4. The molecule has 0 saturated heterocycles. The summed E-state index contributed by atoms with van der Waals surface area (Å²) in [7, 11) is 0. The minimum absolute atomic E-state index is 0.0187. The van der Waals surface area contributed by atoms with Gasteiger partial charge in [0.05, 0.1) is 11.5 Å². The molecule has 1 saturated carbocycles. The molecule has 3 aromatic carbocycles. The van der Waals surface area contributed by atoms with Gasteiger partial charge in [0, 0.05) is 0 Å². The second kappa shape index (κ2) is 6.95. The highest BCUT2D eigenvalue weighted by Crippen LogP contribution is 2.41. The number of hydrogen-bond acceptors (Lipinski definition) is 1. The number of fused-ring (bicyclic) bond motifs is 1. The largest absolute Gasteiger partial charge is 0.349 e. The molecule has 1 fully saturated rings. The number of amides is 1. The lowest BCUT2D eigenvalue weighted by Crippen LogP contribution is -2.43. The van der Waals surface area contributed by atoms with Crippen LogP contribution in [0.5, 0.6) is 0 Å². The van der Waals surface area contributed by atoms with E-state index in [0.717, 1.165) is 31.2 Å². The van der Waals surface area contributed by atoms with Gasteiger partial charge in [0.15, 0.2) is 0 Å². The van der Waals surface area contributed by atoms with Gasteiger partial charge in [-0.15, -0.1) is 0 Å². The third kappa shape index (κ3) is 2.90. The van der Waals surface area contributed by atoms with Crippen LogP contribution in [-0.2, 0) is 10.2 Å². The van der Waals surface area contributed by atoms with Crippen molar-refractivity contribution in [1.82, 2.24) is 5.32 Å². The van der Waals surface area contributed by atoms with Gasteiger partial charge in [-0.25, -0.2) is 0 Å². The van der Waals surface area contributed by atoms with Crippen LogP contribution in [0.15, 0.2) is 72.8 Å². The quantitative estimate of drug-likeness (QED) is 0.663. The molecular formula is C24H25NO. The molecule has 0 bridgehead atoms. The Kier molecular flexibility index (Phi) is 4.50. The first-order chi connectivity index (χ1) is 12.7. The molecule has 3 aromatic rings. The smallest absolute Gasteiger partial charge is 0.231 e. The zero-order valence-electron chi connectivity index (χ0n) is 15.2. The summed E-state index contributed by atoms with van der Waals surface area (Å²) in [6.07, 6.45) is 4.10. The van der Waals surface area contributed by atoms with Crippen molar-refractivity contribution in [2.75, 3.05) is 0 Å². The molecule has 0 aromatic heterocycles. The monoisotopic (exact) mass is 343 g/mol. The van der Waals surface area contributed by atoms with Crippen molar-refractivity contribution in [2.24, 2.45) is 0 Å². The molecule has 0 spiro atoms. The minimum atomic E-state index is -0.375. The lowest BCUT2D eigenvalue weighted by Gasteiger charge is -2.30. The fraction of sp³-hybridized carbons (Fsp3) is 0.292. The topological polar surface area (TPSA) is 29.1 Å². The van der Waals surface area contributed by atoms with Gasteiger partial charge >= 0.3 is 0 Å². The van der Waals surface area contributed by atoms with E-state index >= 15 is 0 Å². The summed E-state index contributed by atoms with van der Waals surface area (Å²) in [6.45, 7) is 2.09. The second-order valence-electron chi connectivity index (χ2n) is 7.42. The standard InChI is InChI=1S/C24H25NO/c1-18(21-15-9-11-19-10-5-6-14-22(19)21)25-23(26)24(16-7-8-17-24)20-12-3-2-4-13-20/h2-6,9-15,18H,7-8,16-17H2,1H3,(H,25,26)/t18-/m0/s1. The zero-order valence-corrected chi connectivity index (χ0v) is 15.2.